The van der Waals surface area contributed by atoms with Crippen molar-refractivity contribution in [2.75, 3.05) is 26.2 Å². The number of ether oxygens (including phenoxy) is 1. The van der Waals surface area contributed by atoms with Gasteiger partial charge in [-0.25, -0.2) is 13.4 Å². The number of likely N-dealkylation sites (tertiary alicyclic amines) is 1. The van der Waals surface area contributed by atoms with E-state index in [1.165, 1.54) is 4.31 Å². The van der Waals surface area contributed by atoms with Gasteiger partial charge in [0.05, 0.1) is 12.7 Å². The Morgan fingerprint density at radius 1 is 1.06 bits per heavy atom. The highest BCUT2D eigenvalue weighted by atomic mass is 32.2. The molecule has 4 rings (SSSR count). The minimum atomic E-state index is -3.61. The summed E-state index contributed by atoms with van der Waals surface area (Å²) in [7, 11) is -1.83. The van der Waals surface area contributed by atoms with Gasteiger partial charge in [0.15, 0.2) is 5.03 Å². The molecule has 3 heterocycles. The molecule has 2 fully saturated rings. The highest BCUT2D eigenvalue weighted by Crippen LogP contribution is 2.26. The monoisotopic (exact) mass is 460 g/mol. The summed E-state index contributed by atoms with van der Waals surface area (Å²) in [6.45, 7) is 4.48. The normalized spacial score (nSPS) is 19.4. The van der Waals surface area contributed by atoms with Crippen LogP contribution in [0.15, 0.2) is 41.6 Å². The lowest BCUT2D eigenvalue weighted by Crippen LogP contribution is -2.47. The Bertz CT molecular complexity index is 1000. The van der Waals surface area contributed by atoms with Crippen molar-refractivity contribution in [1.82, 2.24) is 18.8 Å². The molecule has 2 aromatic rings. The number of sulfonamides is 1. The number of nitrogens with zero attached hydrogens (tertiary/aromatic N) is 4. The molecule has 8 nitrogen and oxygen atoms in total. The molecule has 32 heavy (non-hydrogen) atoms. The smallest absolute Gasteiger partial charge is 0.262 e. The summed E-state index contributed by atoms with van der Waals surface area (Å²) in [5.41, 5.74) is 1.16. The van der Waals surface area contributed by atoms with Crippen LogP contribution in [0.4, 0.5) is 0 Å². The second-order valence-corrected chi connectivity index (χ2v) is 10.6. The van der Waals surface area contributed by atoms with Gasteiger partial charge in [-0.15, -0.1) is 0 Å². The second-order valence-electron chi connectivity index (χ2n) is 8.74. The van der Waals surface area contributed by atoms with Crippen molar-refractivity contribution in [1.29, 1.82) is 0 Å². The van der Waals surface area contributed by atoms with Gasteiger partial charge >= 0.3 is 0 Å². The average Bonchev–Trinajstić information content (AvgIpc) is 3.17. The predicted octanol–water partition coefficient (Wildman–Crippen LogP) is 2.34. The van der Waals surface area contributed by atoms with Crippen LogP contribution in [0.3, 0.4) is 0 Å². The fourth-order valence-electron chi connectivity index (χ4n) is 4.42. The quantitative estimate of drug-likeness (QED) is 0.661. The Kier molecular flexibility index (Phi) is 6.97. The molecule has 1 aromatic heterocycles. The van der Waals surface area contributed by atoms with Crippen LogP contribution in [-0.2, 0) is 33.2 Å². The summed E-state index contributed by atoms with van der Waals surface area (Å²) < 4.78 is 34.9. The van der Waals surface area contributed by atoms with Gasteiger partial charge in [0, 0.05) is 45.3 Å². The summed E-state index contributed by atoms with van der Waals surface area (Å²) in [4.78, 5) is 19.1. The van der Waals surface area contributed by atoms with Crippen LogP contribution < -0.4 is 0 Å². The van der Waals surface area contributed by atoms with E-state index >= 15 is 0 Å². The molecule has 0 unspecified atom stereocenters. The first kappa shape index (κ1) is 22.9. The summed E-state index contributed by atoms with van der Waals surface area (Å²) in [5.74, 6) is 0.690. The molecule has 9 heteroatoms. The van der Waals surface area contributed by atoms with Crippen LogP contribution in [0.1, 0.15) is 37.1 Å². The maximum Gasteiger partial charge on any atom is 0.262 e. The zero-order valence-corrected chi connectivity index (χ0v) is 19.6. The van der Waals surface area contributed by atoms with E-state index in [9.17, 15) is 13.2 Å². The van der Waals surface area contributed by atoms with Crippen LogP contribution in [-0.4, -0.2) is 65.4 Å². The molecule has 1 aromatic carbocycles. The Labute approximate surface area is 190 Å². The lowest BCUT2D eigenvalue weighted by atomic mass is 9.95. The Hall–Kier alpha value is -2.23. The van der Waals surface area contributed by atoms with Gasteiger partial charge in [0.25, 0.3) is 10.0 Å². The Balaban J connectivity index is 1.24. The second kappa shape index (κ2) is 9.72. The van der Waals surface area contributed by atoms with Crippen molar-refractivity contribution >= 4 is 15.9 Å². The average molecular weight is 461 g/mol. The van der Waals surface area contributed by atoms with Crippen LogP contribution in [0.2, 0.25) is 0 Å². The molecular formula is C23H32N4O4S. The molecule has 2 saturated heterocycles. The maximum atomic E-state index is 13.0. The van der Waals surface area contributed by atoms with Crippen molar-refractivity contribution in [2.45, 2.75) is 50.3 Å². The van der Waals surface area contributed by atoms with E-state index in [0.29, 0.717) is 51.5 Å². The highest BCUT2D eigenvalue weighted by Gasteiger charge is 2.35. The Morgan fingerprint density at radius 3 is 2.31 bits per heavy atom. The zero-order valence-electron chi connectivity index (χ0n) is 18.8. The van der Waals surface area contributed by atoms with Gasteiger partial charge in [-0.1, -0.05) is 30.3 Å². The van der Waals surface area contributed by atoms with Gasteiger partial charge < -0.3 is 14.2 Å². The van der Waals surface area contributed by atoms with Gasteiger partial charge in [0.2, 0.25) is 5.91 Å². The third kappa shape index (κ3) is 5.05. The van der Waals surface area contributed by atoms with Crippen molar-refractivity contribution in [3.05, 3.63) is 47.9 Å². The topological polar surface area (TPSA) is 84.7 Å². The fourth-order valence-corrected chi connectivity index (χ4v) is 5.91. The minimum absolute atomic E-state index is 0.0832. The van der Waals surface area contributed by atoms with Crippen LogP contribution in [0.5, 0.6) is 0 Å². The maximum absolute atomic E-state index is 13.0. The van der Waals surface area contributed by atoms with Crippen LogP contribution in [0.25, 0.3) is 0 Å². The van der Waals surface area contributed by atoms with Crippen molar-refractivity contribution < 1.29 is 17.9 Å². The molecule has 0 N–H and O–H groups in total. The summed E-state index contributed by atoms with van der Waals surface area (Å²) in [5, 5.41) is 0.0832. The number of carbonyl (C=O) groups is 1. The van der Waals surface area contributed by atoms with Crippen molar-refractivity contribution in [3.8, 4) is 0 Å². The number of benzene rings is 1. The number of aromatic nitrogens is 2. The third-order valence-electron chi connectivity index (χ3n) is 6.58. The minimum Gasteiger partial charge on any atom is -0.373 e. The molecule has 1 amide bonds. The molecule has 0 aliphatic carbocycles. The number of carbonyl (C=O) groups excluding carboxylic acids is 1. The highest BCUT2D eigenvalue weighted by molar-refractivity contribution is 7.89. The van der Waals surface area contributed by atoms with Gasteiger partial charge in [-0.05, 0) is 38.2 Å². The fraction of sp³-hybridized carbons (Fsp3) is 0.565. The van der Waals surface area contributed by atoms with E-state index in [-0.39, 0.29) is 23.0 Å². The SMILES string of the molecule is Cc1nc(S(=O)(=O)N2CCC(C(=O)N3CCC(OCc4ccccc4)CC3)CC2)cn1C. The first-order chi connectivity index (χ1) is 15.3. The lowest BCUT2D eigenvalue weighted by Gasteiger charge is -2.36. The van der Waals surface area contributed by atoms with Crippen LogP contribution >= 0.6 is 0 Å². The van der Waals surface area contributed by atoms with E-state index < -0.39 is 10.0 Å². The molecule has 2 aliphatic heterocycles. The first-order valence-corrected chi connectivity index (χ1v) is 12.7. The molecular weight excluding hydrogens is 428 g/mol. The molecule has 0 radical (unpaired) electrons. The Morgan fingerprint density at radius 2 is 1.72 bits per heavy atom. The number of aryl methyl sites for hydroxylation is 2. The molecule has 0 spiro atoms. The predicted molar refractivity (Wildman–Crippen MR) is 120 cm³/mol. The first-order valence-electron chi connectivity index (χ1n) is 11.3. The van der Waals surface area contributed by atoms with E-state index in [4.69, 9.17) is 4.74 Å². The van der Waals surface area contributed by atoms with E-state index in [1.807, 2.05) is 23.1 Å². The van der Waals surface area contributed by atoms with E-state index in [1.54, 1.807) is 24.7 Å². The molecule has 174 valence electrons. The van der Waals surface area contributed by atoms with Gasteiger partial charge in [0.1, 0.15) is 5.82 Å². The number of hydrogen-bond donors (Lipinski definition) is 0. The number of hydrogen-bond acceptors (Lipinski definition) is 5. The van der Waals surface area contributed by atoms with E-state index in [0.717, 1.165) is 18.4 Å². The number of imidazole rings is 1. The van der Waals surface area contributed by atoms with E-state index in [2.05, 4.69) is 17.1 Å². The van der Waals surface area contributed by atoms with Gasteiger partial charge in [-0.3, -0.25) is 4.79 Å². The molecule has 0 saturated carbocycles. The summed E-state index contributed by atoms with van der Waals surface area (Å²) in [6.07, 6.45) is 4.50. The summed E-state index contributed by atoms with van der Waals surface area (Å²) in [6, 6.07) is 10.1. The van der Waals surface area contributed by atoms with Crippen molar-refractivity contribution in [3.63, 3.8) is 0 Å². The molecule has 0 atom stereocenters. The van der Waals surface area contributed by atoms with Crippen LogP contribution in [0, 0.1) is 12.8 Å². The number of piperidine rings is 2. The standard InChI is InChI=1S/C23H32N4O4S/c1-18-24-22(16-25(18)2)32(29,30)27-14-8-20(9-15-27)23(28)26-12-10-21(11-13-26)31-17-19-6-4-3-5-7-19/h3-7,16,20-21H,8-15,17H2,1-2H3. The largest absolute Gasteiger partial charge is 0.373 e. The molecule has 0 bridgehead atoms. The zero-order chi connectivity index (χ0) is 22.7. The molecule has 2 aliphatic rings. The van der Waals surface area contributed by atoms with Crippen molar-refractivity contribution in [2.24, 2.45) is 13.0 Å². The summed E-state index contributed by atoms with van der Waals surface area (Å²) >= 11 is 0. The van der Waals surface area contributed by atoms with Gasteiger partial charge in [-0.2, -0.15) is 4.31 Å². The number of amides is 1. The lowest BCUT2D eigenvalue weighted by molar-refractivity contribution is -0.139. The number of rotatable bonds is 6. The third-order valence-corrected chi connectivity index (χ3v) is 8.35.